The van der Waals surface area contributed by atoms with E-state index in [2.05, 4.69) is 5.32 Å². The molecule has 1 unspecified atom stereocenters. The molecule has 2 rings (SSSR count). The molecule has 1 aromatic carbocycles. The summed E-state index contributed by atoms with van der Waals surface area (Å²) in [7, 11) is 0. The molecule has 0 aromatic heterocycles. The maximum atomic E-state index is 13.3. The third-order valence-electron chi connectivity index (χ3n) is 5.30. The second kappa shape index (κ2) is 12.8. The zero-order valence-corrected chi connectivity index (χ0v) is 21.7. The molecular formula is C27H34N2O7. The molecule has 1 atom stereocenters. The van der Waals surface area contributed by atoms with Gasteiger partial charge in [-0.25, -0.2) is 4.79 Å². The minimum Gasteiger partial charge on any atom is -0.490 e. The third kappa shape index (κ3) is 7.37. The monoisotopic (exact) mass is 498 g/mol. The number of rotatable bonds is 12. The van der Waals surface area contributed by atoms with Crippen LogP contribution in [0.2, 0.25) is 0 Å². The van der Waals surface area contributed by atoms with Crippen LogP contribution in [0.1, 0.15) is 53.5 Å². The maximum Gasteiger partial charge on any atom is 0.328 e. The molecule has 9 heteroatoms. The summed E-state index contributed by atoms with van der Waals surface area (Å²) in [5, 5.41) is 2.24. The van der Waals surface area contributed by atoms with Crippen molar-refractivity contribution in [2.24, 2.45) is 5.92 Å². The molecule has 1 aromatic rings. The fraction of sp³-hybridized carbons (Fsp3) is 0.444. The van der Waals surface area contributed by atoms with Crippen molar-refractivity contribution in [2.75, 3.05) is 19.8 Å². The summed E-state index contributed by atoms with van der Waals surface area (Å²) >= 11 is 0. The number of imide groups is 1. The molecule has 194 valence electrons. The SMILES string of the molecule is CCOC(=O)C(C)NC(=O)C(=O)CN1C(=O)C(CC(C)C)=C(c2ccc(OCC=C(C)C)cc2)C1=O. The highest BCUT2D eigenvalue weighted by atomic mass is 16.5. The van der Waals surface area contributed by atoms with E-state index in [1.54, 1.807) is 31.2 Å². The number of hydrogen-bond donors (Lipinski definition) is 1. The molecule has 1 aliphatic rings. The molecule has 1 aliphatic heterocycles. The van der Waals surface area contributed by atoms with Gasteiger partial charge >= 0.3 is 5.97 Å². The van der Waals surface area contributed by atoms with Crippen LogP contribution in [-0.4, -0.2) is 60.2 Å². The first-order valence-electron chi connectivity index (χ1n) is 11.9. The highest BCUT2D eigenvalue weighted by molar-refractivity contribution is 6.41. The van der Waals surface area contributed by atoms with E-state index in [4.69, 9.17) is 9.47 Å². The van der Waals surface area contributed by atoms with Crippen molar-refractivity contribution in [3.63, 3.8) is 0 Å². The molecule has 0 aliphatic carbocycles. The van der Waals surface area contributed by atoms with Crippen molar-refractivity contribution < 1.29 is 33.4 Å². The van der Waals surface area contributed by atoms with Gasteiger partial charge in [-0.15, -0.1) is 0 Å². The van der Waals surface area contributed by atoms with Crippen LogP contribution in [0.3, 0.4) is 0 Å². The van der Waals surface area contributed by atoms with Crippen molar-refractivity contribution in [1.82, 2.24) is 10.2 Å². The van der Waals surface area contributed by atoms with E-state index < -0.39 is 42.1 Å². The summed E-state index contributed by atoms with van der Waals surface area (Å²) in [6.07, 6.45) is 2.27. The fourth-order valence-corrected chi connectivity index (χ4v) is 3.51. The number of nitrogens with one attached hydrogen (secondary N) is 1. The minimum atomic E-state index is -1.08. The average molecular weight is 499 g/mol. The summed E-state index contributed by atoms with van der Waals surface area (Å²) in [5.41, 5.74) is 2.15. The normalized spacial score (nSPS) is 14.1. The zero-order valence-electron chi connectivity index (χ0n) is 21.7. The predicted molar refractivity (Wildman–Crippen MR) is 134 cm³/mol. The Balaban J connectivity index is 2.21. The Morgan fingerprint density at radius 3 is 2.22 bits per heavy atom. The standard InChI is InChI=1S/C27H34N2O7/c1-7-35-27(34)18(6)28-24(31)22(30)15-29-25(32)21(14-17(4)5)23(26(29)33)19-8-10-20(11-9-19)36-13-12-16(2)3/h8-12,17-18H,7,13-15H2,1-6H3,(H,28,31). The maximum absolute atomic E-state index is 13.3. The fourth-order valence-electron chi connectivity index (χ4n) is 3.51. The van der Waals surface area contributed by atoms with Crippen LogP contribution in [0.5, 0.6) is 5.75 Å². The van der Waals surface area contributed by atoms with E-state index in [9.17, 15) is 24.0 Å². The Labute approximate surface area is 211 Å². The molecule has 0 fully saturated rings. The second-order valence-electron chi connectivity index (χ2n) is 9.14. The lowest BCUT2D eigenvalue weighted by Gasteiger charge is -2.16. The number of Topliss-reactive ketones (excluding diaryl/α,β-unsaturated/α-hetero) is 1. The Hall–Kier alpha value is -3.75. The molecule has 3 amide bonds. The van der Waals surface area contributed by atoms with Gasteiger partial charge in [0.05, 0.1) is 18.7 Å². The molecule has 0 saturated carbocycles. The van der Waals surface area contributed by atoms with Gasteiger partial charge in [0, 0.05) is 5.57 Å². The van der Waals surface area contributed by atoms with Crippen molar-refractivity contribution in [3.8, 4) is 5.75 Å². The number of carbonyl (C=O) groups excluding carboxylic acids is 5. The molecule has 1 heterocycles. The average Bonchev–Trinajstić information content (AvgIpc) is 3.03. The van der Waals surface area contributed by atoms with Gasteiger partial charge in [0.25, 0.3) is 17.7 Å². The minimum absolute atomic E-state index is 0.0720. The Morgan fingerprint density at radius 1 is 1.03 bits per heavy atom. The van der Waals surface area contributed by atoms with Gasteiger partial charge in [0.1, 0.15) is 18.4 Å². The van der Waals surface area contributed by atoms with Crippen molar-refractivity contribution in [1.29, 1.82) is 0 Å². The number of carbonyl (C=O) groups is 5. The van der Waals surface area contributed by atoms with E-state index in [1.807, 2.05) is 33.8 Å². The van der Waals surface area contributed by atoms with Gasteiger partial charge < -0.3 is 14.8 Å². The Bertz CT molecular complexity index is 1080. The third-order valence-corrected chi connectivity index (χ3v) is 5.30. The quantitative estimate of drug-likeness (QED) is 0.204. The Morgan fingerprint density at radius 2 is 1.67 bits per heavy atom. The van der Waals surface area contributed by atoms with Crippen molar-refractivity contribution in [3.05, 3.63) is 47.1 Å². The van der Waals surface area contributed by atoms with Gasteiger partial charge in [0.15, 0.2) is 0 Å². The summed E-state index contributed by atoms with van der Waals surface area (Å²) in [6.45, 7) is 10.6. The molecule has 9 nitrogen and oxygen atoms in total. The highest BCUT2D eigenvalue weighted by Crippen LogP contribution is 2.33. The number of amides is 3. The van der Waals surface area contributed by atoms with E-state index in [-0.39, 0.29) is 18.1 Å². The zero-order chi connectivity index (χ0) is 27.0. The van der Waals surface area contributed by atoms with Gasteiger partial charge in [-0.1, -0.05) is 31.6 Å². The van der Waals surface area contributed by atoms with Crippen LogP contribution >= 0.6 is 0 Å². The van der Waals surface area contributed by atoms with Crippen LogP contribution in [0.4, 0.5) is 0 Å². The lowest BCUT2D eigenvalue weighted by Crippen LogP contribution is -2.47. The largest absolute Gasteiger partial charge is 0.490 e. The highest BCUT2D eigenvalue weighted by Gasteiger charge is 2.40. The number of hydrogen-bond acceptors (Lipinski definition) is 7. The van der Waals surface area contributed by atoms with Crippen LogP contribution in [0.15, 0.2) is 41.5 Å². The number of esters is 1. The number of ether oxygens (including phenoxy) is 2. The van der Waals surface area contributed by atoms with Gasteiger partial charge in [-0.2, -0.15) is 0 Å². The van der Waals surface area contributed by atoms with E-state index in [0.29, 0.717) is 29.9 Å². The first kappa shape index (κ1) is 28.5. The molecule has 0 saturated heterocycles. The second-order valence-corrected chi connectivity index (χ2v) is 9.14. The molecule has 0 spiro atoms. The first-order valence-corrected chi connectivity index (χ1v) is 11.9. The van der Waals surface area contributed by atoms with Gasteiger partial charge in [-0.05, 0) is 63.8 Å². The number of allylic oxidation sites excluding steroid dienone is 1. The van der Waals surface area contributed by atoms with Crippen LogP contribution in [-0.2, 0) is 28.7 Å². The lowest BCUT2D eigenvalue weighted by atomic mass is 9.95. The smallest absolute Gasteiger partial charge is 0.328 e. The van der Waals surface area contributed by atoms with Crippen molar-refractivity contribution in [2.45, 2.75) is 54.0 Å². The van der Waals surface area contributed by atoms with Crippen LogP contribution in [0.25, 0.3) is 5.57 Å². The summed E-state index contributed by atoms with van der Waals surface area (Å²) < 4.78 is 10.5. The molecule has 36 heavy (non-hydrogen) atoms. The summed E-state index contributed by atoms with van der Waals surface area (Å²) in [4.78, 5) is 63.7. The topological polar surface area (TPSA) is 119 Å². The number of ketones is 1. The summed E-state index contributed by atoms with van der Waals surface area (Å²) in [5.74, 6) is -3.35. The Kier molecular flexibility index (Phi) is 10.1. The molecule has 1 N–H and O–H groups in total. The number of nitrogens with zero attached hydrogens (tertiary/aromatic N) is 1. The molecule has 0 bridgehead atoms. The van der Waals surface area contributed by atoms with Gasteiger partial charge in [0.2, 0.25) is 5.78 Å². The van der Waals surface area contributed by atoms with E-state index in [1.165, 1.54) is 6.92 Å². The van der Waals surface area contributed by atoms with Crippen molar-refractivity contribution >= 4 is 35.0 Å². The lowest BCUT2D eigenvalue weighted by molar-refractivity contribution is -0.149. The first-order chi connectivity index (χ1) is 17.0. The van der Waals surface area contributed by atoms with Gasteiger partial charge in [-0.3, -0.25) is 24.1 Å². The molecular weight excluding hydrogens is 464 g/mol. The predicted octanol–water partition coefficient (Wildman–Crippen LogP) is 2.84. The number of benzene rings is 1. The molecule has 0 radical (unpaired) electrons. The van der Waals surface area contributed by atoms with Crippen LogP contribution < -0.4 is 10.1 Å². The van der Waals surface area contributed by atoms with Crippen LogP contribution in [0, 0.1) is 5.92 Å². The summed E-state index contributed by atoms with van der Waals surface area (Å²) in [6, 6.07) is 5.76. The van der Waals surface area contributed by atoms with E-state index >= 15 is 0 Å². The van der Waals surface area contributed by atoms with E-state index in [0.717, 1.165) is 10.5 Å².